The van der Waals surface area contributed by atoms with Gasteiger partial charge in [0.15, 0.2) is 0 Å². The minimum Gasteiger partial charge on any atom is -0.494 e. The predicted molar refractivity (Wildman–Crippen MR) is 76.9 cm³/mol. The predicted octanol–water partition coefficient (Wildman–Crippen LogP) is 1.12. The molecule has 0 heterocycles. The van der Waals surface area contributed by atoms with E-state index in [0.29, 0.717) is 18.8 Å². The van der Waals surface area contributed by atoms with Crippen molar-refractivity contribution in [1.82, 2.24) is 0 Å². The fraction of sp³-hybridized carbons (Fsp3) is 0.571. The van der Waals surface area contributed by atoms with Crippen LogP contribution in [-0.4, -0.2) is 45.2 Å². The van der Waals surface area contributed by atoms with Crippen molar-refractivity contribution in [3.63, 3.8) is 0 Å². The van der Waals surface area contributed by atoms with E-state index in [1.54, 1.807) is 0 Å². The Morgan fingerprint density at radius 1 is 1.32 bits per heavy atom. The monoisotopic (exact) mass is 286 g/mol. The molecule has 0 aliphatic rings. The summed E-state index contributed by atoms with van der Waals surface area (Å²) in [6.07, 6.45) is 0.788. The molecule has 0 radical (unpaired) electrons. The van der Waals surface area contributed by atoms with E-state index in [0.717, 1.165) is 12.2 Å². The Morgan fingerprint density at radius 2 is 2.00 bits per heavy atom. The molecule has 1 aromatic rings. The van der Waals surface area contributed by atoms with Crippen LogP contribution in [0, 0.1) is 0 Å². The Kier molecular flexibility index (Phi) is 7.70. The zero-order chi connectivity index (χ0) is 14.1. The number of aliphatic hydroxyl groups is 2. The Balaban J connectivity index is 2.17. The molecule has 0 saturated carbocycles. The van der Waals surface area contributed by atoms with Gasteiger partial charge in [-0.05, 0) is 30.5 Å². The average Bonchev–Trinajstić information content (AvgIpc) is 2.44. The van der Waals surface area contributed by atoms with Gasteiger partial charge in [0, 0.05) is 16.6 Å². The molecule has 108 valence electrons. The van der Waals surface area contributed by atoms with Crippen LogP contribution in [0.2, 0.25) is 0 Å². The molecule has 0 bridgehead atoms. The summed E-state index contributed by atoms with van der Waals surface area (Å²) in [6.45, 7) is 2.27. The van der Waals surface area contributed by atoms with Crippen molar-refractivity contribution in [2.24, 2.45) is 0 Å². The highest BCUT2D eigenvalue weighted by Gasteiger charge is 2.07. The van der Waals surface area contributed by atoms with Crippen molar-refractivity contribution in [3.05, 3.63) is 29.8 Å². The fourth-order valence-corrected chi connectivity index (χ4v) is 2.72. The van der Waals surface area contributed by atoms with E-state index >= 15 is 0 Å². The molecule has 1 rings (SSSR count). The van der Waals surface area contributed by atoms with Crippen molar-refractivity contribution >= 4 is 10.8 Å². The number of rotatable bonds is 9. The summed E-state index contributed by atoms with van der Waals surface area (Å²) in [5, 5.41) is 17.8. The van der Waals surface area contributed by atoms with Crippen LogP contribution in [0.15, 0.2) is 24.3 Å². The summed E-state index contributed by atoms with van der Waals surface area (Å²) in [5.74, 6) is 1.42. The molecule has 19 heavy (non-hydrogen) atoms. The van der Waals surface area contributed by atoms with E-state index in [9.17, 15) is 4.21 Å². The van der Waals surface area contributed by atoms with E-state index in [4.69, 9.17) is 14.9 Å². The number of benzene rings is 1. The third kappa shape index (κ3) is 6.71. The first-order valence-electron chi connectivity index (χ1n) is 6.51. The second-order valence-electron chi connectivity index (χ2n) is 4.35. The van der Waals surface area contributed by atoms with Crippen molar-refractivity contribution in [1.29, 1.82) is 0 Å². The summed E-state index contributed by atoms with van der Waals surface area (Å²) >= 11 is 0. The van der Waals surface area contributed by atoms with E-state index in [1.807, 2.05) is 24.3 Å². The third-order valence-corrected chi connectivity index (χ3v) is 4.21. The number of aryl methyl sites for hydroxylation is 1. The zero-order valence-electron chi connectivity index (χ0n) is 11.2. The van der Waals surface area contributed by atoms with E-state index < -0.39 is 16.9 Å². The molecule has 2 atom stereocenters. The van der Waals surface area contributed by atoms with Crippen molar-refractivity contribution < 1.29 is 19.2 Å². The number of ether oxygens (including phenoxy) is 1. The Morgan fingerprint density at radius 3 is 2.58 bits per heavy atom. The second kappa shape index (κ2) is 9.07. The molecule has 2 N–H and O–H groups in total. The van der Waals surface area contributed by atoms with Gasteiger partial charge in [-0.25, -0.2) is 0 Å². The lowest BCUT2D eigenvalue weighted by molar-refractivity contribution is 0.113. The molecule has 1 aromatic carbocycles. The van der Waals surface area contributed by atoms with Crippen LogP contribution >= 0.6 is 0 Å². The molecule has 0 aliphatic heterocycles. The van der Waals surface area contributed by atoms with Gasteiger partial charge in [-0.2, -0.15) is 0 Å². The molecule has 0 spiro atoms. The van der Waals surface area contributed by atoms with Gasteiger partial charge in [-0.3, -0.25) is 4.21 Å². The first-order valence-corrected chi connectivity index (χ1v) is 8.00. The van der Waals surface area contributed by atoms with Gasteiger partial charge in [-0.15, -0.1) is 0 Å². The maximum atomic E-state index is 11.5. The van der Waals surface area contributed by atoms with Gasteiger partial charge in [0.2, 0.25) is 0 Å². The topological polar surface area (TPSA) is 66.8 Å². The van der Waals surface area contributed by atoms with Crippen molar-refractivity contribution in [2.75, 3.05) is 24.7 Å². The highest BCUT2D eigenvalue weighted by atomic mass is 32.2. The fourth-order valence-electron chi connectivity index (χ4n) is 1.58. The maximum Gasteiger partial charge on any atom is 0.119 e. The molecule has 0 aliphatic carbocycles. The van der Waals surface area contributed by atoms with Crippen molar-refractivity contribution in [2.45, 2.75) is 25.9 Å². The highest BCUT2D eigenvalue weighted by molar-refractivity contribution is 7.85. The Bertz CT molecular complexity index is 378. The minimum absolute atomic E-state index is 0.127. The van der Waals surface area contributed by atoms with Gasteiger partial charge in [0.1, 0.15) is 5.75 Å². The molecule has 0 saturated heterocycles. The molecule has 0 amide bonds. The third-order valence-electron chi connectivity index (χ3n) is 2.71. The largest absolute Gasteiger partial charge is 0.494 e. The lowest BCUT2D eigenvalue weighted by atomic mass is 10.2. The van der Waals surface area contributed by atoms with E-state index in [2.05, 4.69) is 6.92 Å². The van der Waals surface area contributed by atoms with Crippen LogP contribution in [-0.2, 0) is 17.2 Å². The van der Waals surface area contributed by atoms with Gasteiger partial charge in [-0.1, -0.05) is 19.1 Å². The number of aliphatic hydroxyl groups excluding tert-OH is 2. The number of hydrogen-bond donors (Lipinski definition) is 2. The number of hydrogen-bond acceptors (Lipinski definition) is 4. The van der Waals surface area contributed by atoms with Crippen LogP contribution in [0.4, 0.5) is 0 Å². The molecule has 2 unspecified atom stereocenters. The van der Waals surface area contributed by atoms with Gasteiger partial charge in [0.25, 0.3) is 0 Å². The summed E-state index contributed by atoms with van der Waals surface area (Å²) < 4.78 is 17.0. The lowest BCUT2D eigenvalue weighted by Gasteiger charge is -2.08. The summed E-state index contributed by atoms with van der Waals surface area (Å²) in [7, 11) is -1.10. The summed E-state index contributed by atoms with van der Waals surface area (Å²) in [4.78, 5) is 0. The maximum absolute atomic E-state index is 11.5. The van der Waals surface area contributed by atoms with Gasteiger partial charge >= 0.3 is 0 Å². The zero-order valence-corrected chi connectivity index (χ0v) is 12.1. The first-order chi connectivity index (χ1) is 9.15. The van der Waals surface area contributed by atoms with Crippen molar-refractivity contribution in [3.8, 4) is 5.75 Å². The van der Waals surface area contributed by atoms with Crippen LogP contribution in [0.25, 0.3) is 0 Å². The summed E-state index contributed by atoms with van der Waals surface area (Å²) in [6, 6.07) is 7.94. The van der Waals surface area contributed by atoms with Crippen LogP contribution in [0.3, 0.4) is 0 Å². The molecular formula is C14H22O4S. The standard InChI is InChI=1S/C14H22O4S/c1-2-12-4-6-14(7-5-12)18-8-3-9-19(17)11-13(16)10-15/h4-7,13,15-16H,2-3,8-11H2,1H3. The molecule has 0 aromatic heterocycles. The van der Waals surface area contributed by atoms with Crippen LogP contribution < -0.4 is 4.74 Å². The van der Waals surface area contributed by atoms with Crippen LogP contribution in [0.1, 0.15) is 18.9 Å². The molecular weight excluding hydrogens is 264 g/mol. The van der Waals surface area contributed by atoms with E-state index in [-0.39, 0.29) is 12.4 Å². The smallest absolute Gasteiger partial charge is 0.119 e. The SMILES string of the molecule is CCc1ccc(OCCCS(=O)CC(O)CO)cc1. The van der Waals surface area contributed by atoms with Crippen LogP contribution in [0.5, 0.6) is 5.75 Å². The average molecular weight is 286 g/mol. The van der Waals surface area contributed by atoms with Gasteiger partial charge in [0.05, 0.1) is 25.1 Å². The Hall–Kier alpha value is -0.910. The normalized spacial score (nSPS) is 14.1. The molecule has 0 fully saturated rings. The van der Waals surface area contributed by atoms with Gasteiger partial charge < -0.3 is 14.9 Å². The Labute approximate surface area is 116 Å². The second-order valence-corrected chi connectivity index (χ2v) is 5.97. The highest BCUT2D eigenvalue weighted by Crippen LogP contribution is 2.12. The van der Waals surface area contributed by atoms with E-state index in [1.165, 1.54) is 5.56 Å². The quantitative estimate of drug-likeness (QED) is 0.668. The molecule has 5 heteroatoms. The molecule has 4 nitrogen and oxygen atoms in total. The summed E-state index contributed by atoms with van der Waals surface area (Å²) in [5.41, 5.74) is 1.27. The first kappa shape index (κ1) is 16.1. The lowest BCUT2D eigenvalue weighted by Crippen LogP contribution is -2.22. The minimum atomic E-state index is -1.10.